The van der Waals surface area contributed by atoms with Crippen molar-refractivity contribution in [1.82, 2.24) is 0 Å². The van der Waals surface area contributed by atoms with Crippen molar-refractivity contribution in [3.63, 3.8) is 0 Å². The summed E-state index contributed by atoms with van der Waals surface area (Å²) in [4.78, 5) is 6.91. The Labute approximate surface area is 872 Å². The number of nitrogens with zero attached hydrogens (tertiary/aromatic N) is 3. The molecule has 0 fully saturated rings. The van der Waals surface area contributed by atoms with Crippen molar-refractivity contribution in [2.75, 3.05) is 14.7 Å². The van der Waals surface area contributed by atoms with E-state index < -0.39 is 0 Å². The summed E-state index contributed by atoms with van der Waals surface area (Å²) in [5.74, 6) is 0. The van der Waals surface area contributed by atoms with E-state index in [1.807, 2.05) is 36.4 Å². The molecule has 150 heavy (non-hydrogen) atoms. The Morgan fingerprint density at radius 2 is 0.233 bits per heavy atom. The van der Waals surface area contributed by atoms with Gasteiger partial charge in [0.05, 0.1) is 0 Å². The molecule has 0 radical (unpaired) electrons. The van der Waals surface area contributed by atoms with E-state index in [0.717, 1.165) is 117 Å². The molecule has 27 rings (SSSR count). The molecule has 0 aliphatic carbocycles. The summed E-state index contributed by atoms with van der Waals surface area (Å²) in [5.41, 5.74) is 43.7. The van der Waals surface area contributed by atoms with Crippen molar-refractivity contribution < 1.29 is 13.3 Å². The molecule has 6 heteroatoms. The van der Waals surface area contributed by atoms with E-state index in [1.54, 1.807) is 0 Å². The molecule has 0 spiro atoms. The number of hydrogen-bond donors (Lipinski definition) is 0. The summed E-state index contributed by atoms with van der Waals surface area (Å²) < 4.78 is 19.0. The Morgan fingerprint density at radius 3 is 0.473 bits per heavy atom. The molecule has 708 valence electrons. The fraction of sp³-hybridized carbons (Fsp3) is 0. The second-order valence-corrected chi connectivity index (χ2v) is 37.8. The van der Waals surface area contributed by atoms with Crippen LogP contribution in [0.4, 0.5) is 51.2 Å². The summed E-state index contributed by atoms with van der Waals surface area (Å²) in [6.45, 7) is 0. The van der Waals surface area contributed by atoms with E-state index in [0.29, 0.717) is 0 Å². The van der Waals surface area contributed by atoms with Crippen LogP contribution in [-0.2, 0) is 0 Å². The van der Waals surface area contributed by atoms with E-state index >= 15 is 0 Å². The lowest BCUT2D eigenvalue weighted by Gasteiger charge is -2.26. The molecule has 0 aliphatic rings. The third-order valence-electron chi connectivity index (χ3n) is 28.5. The highest BCUT2D eigenvalue weighted by Gasteiger charge is 2.23. The monoisotopic (exact) mass is 1920 g/mol. The minimum atomic E-state index is 0.874. The largest absolute Gasteiger partial charge is 0.456 e. The van der Waals surface area contributed by atoms with E-state index in [-0.39, 0.29) is 0 Å². The summed E-state index contributed by atoms with van der Waals surface area (Å²) in [6, 6.07) is 213. The van der Waals surface area contributed by atoms with Crippen LogP contribution in [0.3, 0.4) is 0 Å². The maximum atomic E-state index is 6.33. The van der Waals surface area contributed by atoms with Crippen LogP contribution in [0, 0.1) is 0 Å². The molecule has 0 unspecified atom stereocenters. The number of para-hydroxylation sites is 3. The van der Waals surface area contributed by atoms with E-state index in [9.17, 15) is 0 Å². The average Bonchev–Trinajstić information content (AvgIpc) is 1.62. The molecule has 0 amide bonds. The first-order valence-corrected chi connectivity index (χ1v) is 51.0. The highest BCUT2D eigenvalue weighted by atomic mass is 16.3. The van der Waals surface area contributed by atoms with Crippen LogP contribution in [0.1, 0.15) is 0 Å². The van der Waals surface area contributed by atoms with Crippen LogP contribution < -0.4 is 14.7 Å². The molecule has 0 N–H and O–H groups in total. The molecule has 6 nitrogen and oxygen atoms in total. The number of benzene rings is 24. The first-order valence-electron chi connectivity index (χ1n) is 51.0. The van der Waals surface area contributed by atoms with Crippen LogP contribution in [-0.4, -0.2) is 0 Å². The lowest BCUT2D eigenvalue weighted by molar-refractivity contribution is 0.668. The molecule has 0 aliphatic heterocycles. The summed E-state index contributed by atoms with van der Waals surface area (Å²) >= 11 is 0. The zero-order valence-corrected chi connectivity index (χ0v) is 82.2. The Morgan fingerprint density at radius 1 is 0.0867 bits per heavy atom. The number of fused-ring (bicyclic) bond motifs is 9. The van der Waals surface area contributed by atoms with Gasteiger partial charge in [-0.05, 0) is 285 Å². The molecule has 3 aromatic heterocycles. The van der Waals surface area contributed by atoms with E-state index in [4.69, 9.17) is 13.3 Å². The normalized spacial score (nSPS) is 11.2. The fourth-order valence-electron chi connectivity index (χ4n) is 20.7. The Hall–Kier alpha value is -19.9. The van der Waals surface area contributed by atoms with Crippen molar-refractivity contribution in [2.45, 2.75) is 0 Å². The molecule has 0 bridgehead atoms. The fourth-order valence-corrected chi connectivity index (χ4v) is 20.7. The molecular weight excluding hydrogens is 1820 g/mol. The van der Waals surface area contributed by atoms with Gasteiger partial charge in [0.15, 0.2) is 0 Å². The summed E-state index contributed by atoms with van der Waals surface area (Å²) in [6.07, 6.45) is 0. The van der Waals surface area contributed by atoms with Gasteiger partial charge in [-0.2, -0.15) is 0 Å². The number of hydrogen-bond acceptors (Lipinski definition) is 6. The zero-order valence-electron chi connectivity index (χ0n) is 82.2. The van der Waals surface area contributed by atoms with Gasteiger partial charge in [0.25, 0.3) is 0 Å². The van der Waals surface area contributed by atoms with Gasteiger partial charge in [-0.1, -0.05) is 431 Å². The molecule has 0 atom stereocenters. The highest BCUT2D eigenvalue weighted by Crippen LogP contribution is 2.47. The average molecular weight is 1920 g/mol. The van der Waals surface area contributed by atoms with Crippen molar-refractivity contribution in [2.24, 2.45) is 0 Å². The maximum absolute atomic E-state index is 6.33. The molecular formula is C144H99N3O3. The maximum Gasteiger partial charge on any atom is 0.137 e. The van der Waals surface area contributed by atoms with E-state index in [1.165, 1.54) is 134 Å². The quantitative estimate of drug-likeness (QED) is 0.0715. The molecule has 27 aromatic rings. The third kappa shape index (κ3) is 19.2. The predicted molar refractivity (Wildman–Crippen MR) is 630 cm³/mol. The first kappa shape index (κ1) is 91.3. The molecule has 0 saturated heterocycles. The predicted octanol–water partition coefficient (Wildman–Crippen LogP) is 41.2. The van der Waals surface area contributed by atoms with Crippen LogP contribution in [0.25, 0.3) is 199 Å². The minimum Gasteiger partial charge on any atom is -0.456 e. The Balaban J connectivity index is 0.000000116. The van der Waals surface area contributed by atoms with Gasteiger partial charge < -0.3 is 28.0 Å². The van der Waals surface area contributed by atoms with Gasteiger partial charge in [-0.3, -0.25) is 0 Å². The first-order chi connectivity index (χ1) is 74.3. The van der Waals surface area contributed by atoms with Crippen molar-refractivity contribution >= 4 is 117 Å². The Bertz CT molecular complexity index is 9430. The Kier molecular flexibility index (Phi) is 25.2. The number of rotatable bonds is 21. The molecule has 24 aromatic carbocycles. The molecule has 3 heterocycles. The van der Waals surface area contributed by atoms with Crippen LogP contribution >= 0.6 is 0 Å². The zero-order chi connectivity index (χ0) is 99.8. The third-order valence-corrected chi connectivity index (χ3v) is 28.5. The van der Waals surface area contributed by atoms with Gasteiger partial charge in [0.2, 0.25) is 0 Å². The lowest BCUT2D eigenvalue weighted by Crippen LogP contribution is -2.10. The van der Waals surface area contributed by atoms with Gasteiger partial charge in [0.1, 0.15) is 33.5 Å². The van der Waals surface area contributed by atoms with Crippen LogP contribution in [0.5, 0.6) is 0 Å². The highest BCUT2D eigenvalue weighted by molar-refractivity contribution is 6.09. The SMILES string of the molecule is c1ccc(-c2ccc(N(c3ccc(-c4ccc(-c5cccc(-c6ccccc6)c5)cc4)cc3)c3ccc4c(c3)oc3ccccc34)cc2)cc1.c1ccc(-c2ccc(N(c3ccc(-c4cccc(-c5cccc(-c6ccccc6)c5)c4)cc3)c3ccc4c(c3)oc3ccccc34)cc2)cc1.c1ccc(-c2cccc(-c3ccc(-c4ccc(N(c5cccc(-c6ccccc6)c5)c5ccc6c(c5)oc5ccccc56)cc4)cc3)c2)cc1. The number of furan rings is 3. The second kappa shape index (κ2) is 41.4. The number of anilines is 9. The van der Waals surface area contributed by atoms with Crippen LogP contribution in [0.2, 0.25) is 0 Å². The van der Waals surface area contributed by atoms with Crippen LogP contribution in [0.15, 0.2) is 614 Å². The second-order valence-electron chi connectivity index (χ2n) is 37.8. The van der Waals surface area contributed by atoms with Crippen molar-refractivity contribution in [1.29, 1.82) is 0 Å². The summed E-state index contributed by atoms with van der Waals surface area (Å²) in [5, 5.41) is 6.75. The van der Waals surface area contributed by atoms with E-state index in [2.05, 4.69) is 579 Å². The van der Waals surface area contributed by atoms with Gasteiger partial charge in [-0.15, -0.1) is 0 Å². The van der Waals surface area contributed by atoms with Crippen molar-refractivity contribution in [3.8, 4) is 134 Å². The van der Waals surface area contributed by atoms with Crippen molar-refractivity contribution in [3.05, 3.63) is 601 Å². The lowest BCUT2D eigenvalue weighted by atomic mass is 9.96. The topological polar surface area (TPSA) is 49.1 Å². The standard InChI is InChI=1S/3C48H33NO/c1-3-11-34(12-4-1)36-21-25-42(26-22-36)49(44-29-30-46-45-19-7-8-20-47(45)50-48(46)33-44)43-27-23-37(24-28-43)39-16-10-18-41(32-39)40-17-9-15-38(31-40)35-13-5-2-6-14-35;1-3-11-34(12-4-1)39-15-9-16-40(31-39)38-23-21-36(22-24-38)37-25-27-42(28-26-37)49(43-18-10-17-41(32-43)35-13-5-2-6-14-35)44-29-30-46-45-19-7-8-20-47(45)50-48(46)33-44;1-3-10-34(11-4-1)37-22-26-42(27-23-37)49(44-30-31-46-45-16-7-8-17-47(45)50-48(46)33-44)43-28-24-38(25-29-43)36-18-20-39(21-19-36)41-15-9-14-40(32-41)35-12-5-2-6-13-35/h3*1-33H. The van der Waals surface area contributed by atoms with Gasteiger partial charge in [0, 0.05) is 102 Å². The molecule has 0 saturated carbocycles. The van der Waals surface area contributed by atoms with Gasteiger partial charge >= 0.3 is 0 Å². The summed E-state index contributed by atoms with van der Waals surface area (Å²) in [7, 11) is 0. The smallest absolute Gasteiger partial charge is 0.137 e. The minimum absolute atomic E-state index is 0.874. The van der Waals surface area contributed by atoms with Gasteiger partial charge in [-0.25, -0.2) is 0 Å².